The van der Waals surface area contributed by atoms with E-state index in [0.29, 0.717) is 21.8 Å². The molecule has 0 aliphatic heterocycles. The molecule has 0 bridgehead atoms. The largest absolute Gasteiger partial charge is 0.417 e. The van der Waals surface area contributed by atoms with Crippen molar-refractivity contribution in [3.63, 3.8) is 0 Å². The van der Waals surface area contributed by atoms with Gasteiger partial charge < -0.3 is 10.2 Å². The van der Waals surface area contributed by atoms with Crippen LogP contribution in [0.5, 0.6) is 0 Å². The first-order valence-corrected chi connectivity index (χ1v) is 4.47. The van der Waals surface area contributed by atoms with Crippen molar-refractivity contribution in [2.75, 3.05) is 5.73 Å². The number of nitrogens with one attached hydrogen (secondary N) is 1. The predicted octanol–water partition coefficient (Wildman–Crippen LogP) is 1.97. The molecule has 0 atom stereocenters. The summed E-state index contributed by atoms with van der Waals surface area (Å²) in [6.07, 6.45) is 0. The maximum Gasteiger partial charge on any atom is 0.417 e. The zero-order chi connectivity index (χ0) is 10.5. The fraction of sp³-hybridized carbons (Fsp3) is 0.222. The molecule has 0 unspecified atom stereocenters. The van der Waals surface area contributed by atoms with E-state index in [2.05, 4.69) is 4.98 Å². The Labute approximate surface area is 84.7 Å². The number of halogens is 1. The summed E-state index contributed by atoms with van der Waals surface area (Å²) in [5.74, 6) is -0.517. The number of hydrogen-bond donors (Lipinski definition) is 2. The molecule has 74 valence electrons. The Morgan fingerprint density at radius 2 is 2.00 bits per heavy atom. The number of hydrogen-bond acceptors (Lipinski definition) is 3. The summed E-state index contributed by atoms with van der Waals surface area (Å²) in [6, 6.07) is 0. The molecule has 0 radical (unpaired) electrons. The van der Waals surface area contributed by atoms with E-state index in [9.17, 15) is 4.79 Å². The number of rotatable bonds is 0. The SMILES string of the molecule is Cc1c(Cl)c(C)c2[nH]c(=O)oc2c1N. The van der Waals surface area contributed by atoms with E-state index in [0.717, 1.165) is 11.1 Å². The van der Waals surface area contributed by atoms with Crippen LogP contribution in [0, 0.1) is 13.8 Å². The molecule has 1 aromatic carbocycles. The first-order chi connectivity index (χ1) is 6.52. The Morgan fingerprint density at radius 1 is 1.36 bits per heavy atom. The topological polar surface area (TPSA) is 72.0 Å². The van der Waals surface area contributed by atoms with Crippen molar-refractivity contribution in [1.82, 2.24) is 4.98 Å². The standard InChI is InChI=1S/C9H9ClN2O2/c1-3-5(10)4(2)7-8(6(3)11)14-9(13)12-7/h11H2,1-2H3,(H,12,13). The molecule has 3 N–H and O–H groups in total. The normalized spacial score (nSPS) is 11.1. The minimum absolute atomic E-state index is 0.384. The summed E-state index contributed by atoms with van der Waals surface area (Å²) >= 11 is 6.03. The maximum atomic E-state index is 11.0. The van der Waals surface area contributed by atoms with Crippen LogP contribution >= 0.6 is 11.6 Å². The van der Waals surface area contributed by atoms with Crippen molar-refractivity contribution in [1.29, 1.82) is 0 Å². The average Bonchev–Trinajstić information content (AvgIpc) is 2.54. The Morgan fingerprint density at radius 3 is 2.64 bits per heavy atom. The Bertz CT molecular complexity index is 520. The highest BCUT2D eigenvalue weighted by Crippen LogP contribution is 2.32. The minimum atomic E-state index is -0.517. The van der Waals surface area contributed by atoms with Crippen LogP contribution in [0.2, 0.25) is 5.02 Å². The molecule has 1 aromatic heterocycles. The van der Waals surface area contributed by atoms with Gasteiger partial charge >= 0.3 is 5.76 Å². The van der Waals surface area contributed by atoms with Gasteiger partial charge in [-0.3, -0.25) is 4.98 Å². The van der Waals surface area contributed by atoms with Crippen molar-refractivity contribution in [2.24, 2.45) is 0 Å². The van der Waals surface area contributed by atoms with Gasteiger partial charge in [-0.1, -0.05) is 11.6 Å². The zero-order valence-corrected chi connectivity index (χ0v) is 8.53. The summed E-state index contributed by atoms with van der Waals surface area (Å²) in [4.78, 5) is 13.5. The van der Waals surface area contributed by atoms with Crippen molar-refractivity contribution in [3.05, 3.63) is 26.7 Å². The quantitative estimate of drug-likeness (QED) is 0.656. The molecule has 5 heteroatoms. The van der Waals surface area contributed by atoms with Crippen molar-refractivity contribution in [3.8, 4) is 0 Å². The van der Waals surface area contributed by atoms with E-state index < -0.39 is 5.76 Å². The molecule has 2 aromatic rings. The zero-order valence-electron chi connectivity index (χ0n) is 7.77. The second-order valence-corrected chi connectivity index (χ2v) is 3.57. The van der Waals surface area contributed by atoms with Crippen molar-refractivity contribution < 1.29 is 4.42 Å². The van der Waals surface area contributed by atoms with E-state index >= 15 is 0 Å². The Hall–Kier alpha value is -1.42. The van der Waals surface area contributed by atoms with Gasteiger partial charge in [-0.2, -0.15) is 0 Å². The van der Waals surface area contributed by atoms with Crippen molar-refractivity contribution >= 4 is 28.4 Å². The van der Waals surface area contributed by atoms with Gasteiger partial charge in [0.15, 0.2) is 5.58 Å². The fourth-order valence-electron chi connectivity index (χ4n) is 1.46. The van der Waals surface area contributed by atoms with Gasteiger partial charge in [0.25, 0.3) is 0 Å². The molecule has 0 amide bonds. The highest BCUT2D eigenvalue weighted by Gasteiger charge is 2.14. The van der Waals surface area contributed by atoms with E-state index in [1.165, 1.54) is 0 Å². The van der Waals surface area contributed by atoms with Crippen LogP contribution in [-0.2, 0) is 0 Å². The van der Waals surface area contributed by atoms with Crippen LogP contribution in [-0.4, -0.2) is 4.98 Å². The molecule has 2 rings (SSSR count). The third-order valence-corrected chi connectivity index (χ3v) is 2.90. The van der Waals surface area contributed by atoms with Gasteiger partial charge in [0.2, 0.25) is 0 Å². The van der Waals surface area contributed by atoms with Gasteiger partial charge in [0.05, 0.1) is 16.2 Å². The molecule has 4 nitrogen and oxygen atoms in total. The predicted molar refractivity (Wildman–Crippen MR) is 55.7 cm³/mol. The van der Waals surface area contributed by atoms with Crippen LogP contribution in [0.1, 0.15) is 11.1 Å². The molecule has 0 spiro atoms. The smallest absolute Gasteiger partial charge is 0.406 e. The number of aromatic amines is 1. The Balaban J connectivity index is 3.08. The van der Waals surface area contributed by atoms with E-state index in [1.54, 1.807) is 6.92 Å². The highest BCUT2D eigenvalue weighted by molar-refractivity contribution is 6.33. The number of nitrogens with two attached hydrogens (primary N) is 1. The summed E-state index contributed by atoms with van der Waals surface area (Å²) in [5, 5.41) is 0.562. The number of nitrogen functional groups attached to an aromatic ring is 1. The van der Waals surface area contributed by atoms with Crippen molar-refractivity contribution in [2.45, 2.75) is 13.8 Å². The van der Waals surface area contributed by atoms with Gasteiger partial charge in [-0.15, -0.1) is 0 Å². The summed E-state index contributed by atoms with van der Waals surface area (Å²) < 4.78 is 4.92. The van der Waals surface area contributed by atoms with E-state index in [4.69, 9.17) is 21.8 Å². The molecule has 0 aliphatic rings. The minimum Gasteiger partial charge on any atom is -0.406 e. The molecule has 1 heterocycles. The summed E-state index contributed by atoms with van der Waals surface area (Å²) in [6.45, 7) is 3.60. The number of anilines is 1. The maximum absolute atomic E-state index is 11.0. The number of H-pyrrole nitrogens is 1. The molecular weight excluding hydrogens is 204 g/mol. The molecular formula is C9H9ClN2O2. The lowest BCUT2D eigenvalue weighted by atomic mass is 10.1. The lowest BCUT2D eigenvalue weighted by molar-refractivity contribution is 0.556. The lowest BCUT2D eigenvalue weighted by Gasteiger charge is -2.06. The van der Waals surface area contributed by atoms with Crippen LogP contribution in [0.4, 0.5) is 5.69 Å². The van der Waals surface area contributed by atoms with Gasteiger partial charge in [0.1, 0.15) is 0 Å². The van der Waals surface area contributed by atoms with Gasteiger partial charge in [-0.05, 0) is 25.0 Å². The molecule has 14 heavy (non-hydrogen) atoms. The molecule has 0 fully saturated rings. The Kier molecular flexibility index (Phi) is 1.82. The highest BCUT2D eigenvalue weighted by atomic mass is 35.5. The summed E-state index contributed by atoms with van der Waals surface area (Å²) in [7, 11) is 0. The third-order valence-electron chi connectivity index (χ3n) is 2.33. The molecule has 0 aliphatic carbocycles. The number of aromatic nitrogens is 1. The van der Waals surface area contributed by atoms with E-state index in [-0.39, 0.29) is 0 Å². The number of benzene rings is 1. The molecule has 0 saturated heterocycles. The van der Waals surface area contributed by atoms with Gasteiger partial charge in [0, 0.05) is 0 Å². The fourth-order valence-corrected chi connectivity index (χ4v) is 1.66. The number of aryl methyl sites for hydroxylation is 1. The first-order valence-electron chi connectivity index (χ1n) is 4.09. The second-order valence-electron chi connectivity index (χ2n) is 3.20. The van der Waals surface area contributed by atoms with Crippen LogP contribution in [0.25, 0.3) is 11.1 Å². The monoisotopic (exact) mass is 212 g/mol. The number of fused-ring (bicyclic) bond motifs is 1. The third kappa shape index (κ3) is 1.04. The van der Waals surface area contributed by atoms with Crippen LogP contribution < -0.4 is 11.5 Å². The second kappa shape index (κ2) is 2.78. The number of oxazole rings is 1. The average molecular weight is 213 g/mol. The summed E-state index contributed by atoms with van der Waals surface area (Å²) in [5.41, 5.74) is 8.64. The van der Waals surface area contributed by atoms with Crippen LogP contribution in [0.15, 0.2) is 9.21 Å². The lowest BCUT2D eigenvalue weighted by Crippen LogP contribution is -1.94. The van der Waals surface area contributed by atoms with E-state index in [1.807, 2.05) is 6.92 Å². The van der Waals surface area contributed by atoms with Crippen LogP contribution in [0.3, 0.4) is 0 Å². The van der Waals surface area contributed by atoms with Gasteiger partial charge in [-0.25, -0.2) is 4.79 Å². The first kappa shape index (κ1) is 9.15. The molecule has 0 saturated carbocycles.